The minimum Gasteiger partial charge on any atom is -0.365 e. The molecule has 86 valence electrons. The van der Waals surface area contributed by atoms with Gasteiger partial charge in [0, 0.05) is 11.8 Å². The van der Waals surface area contributed by atoms with E-state index in [4.69, 9.17) is 4.74 Å². The summed E-state index contributed by atoms with van der Waals surface area (Å²) in [5, 5.41) is 0. The van der Waals surface area contributed by atoms with Crippen LogP contribution in [0, 0.1) is 11.8 Å². The zero-order chi connectivity index (χ0) is 12.0. The van der Waals surface area contributed by atoms with E-state index in [2.05, 4.69) is 6.58 Å². The standard InChI is InChI=1S/C6H10O2.C6H10O/c1-4(2)6(7)5-3-8-5;1-4-6(7)5(2)3/h4-5H,3H2,1-2H3;4-5H,1H2,2-3H3. The topological polar surface area (TPSA) is 46.7 Å². The van der Waals surface area contributed by atoms with E-state index in [1.807, 2.05) is 27.7 Å². The number of ketones is 2. The van der Waals surface area contributed by atoms with Crippen molar-refractivity contribution in [3.05, 3.63) is 12.7 Å². The maximum Gasteiger partial charge on any atom is 0.166 e. The molecule has 15 heavy (non-hydrogen) atoms. The number of epoxide rings is 1. The van der Waals surface area contributed by atoms with Crippen molar-refractivity contribution < 1.29 is 14.3 Å². The first-order chi connectivity index (χ1) is 6.90. The second kappa shape index (κ2) is 6.51. The Morgan fingerprint density at radius 1 is 1.27 bits per heavy atom. The van der Waals surface area contributed by atoms with Gasteiger partial charge in [0.2, 0.25) is 0 Å². The molecule has 0 saturated carbocycles. The molecule has 0 N–H and O–H groups in total. The van der Waals surface area contributed by atoms with Gasteiger partial charge in [0.05, 0.1) is 6.61 Å². The van der Waals surface area contributed by atoms with Gasteiger partial charge in [0.25, 0.3) is 0 Å². The molecule has 1 atom stereocenters. The average Bonchev–Trinajstić information content (AvgIpc) is 2.99. The minimum atomic E-state index is -0.0463. The molecule has 0 aromatic carbocycles. The smallest absolute Gasteiger partial charge is 0.166 e. The van der Waals surface area contributed by atoms with Crippen molar-refractivity contribution in [2.24, 2.45) is 11.8 Å². The van der Waals surface area contributed by atoms with Gasteiger partial charge < -0.3 is 4.74 Å². The van der Waals surface area contributed by atoms with E-state index in [-0.39, 0.29) is 29.5 Å². The predicted molar refractivity (Wildman–Crippen MR) is 59.6 cm³/mol. The Balaban J connectivity index is 0.000000265. The molecule has 1 fully saturated rings. The lowest BCUT2D eigenvalue weighted by molar-refractivity contribution is -0.123. The molecule has 1 rings (SSSR count). The summed E-state index contributed by atoms with van der Waals surface area (Å²) in [6, 6.07) is 0. The average molecular weight is 212 g/mol. The van der Waals surface area contributed by atoms with Crippen LogP contribution in [0.5, 0.6) is 0 Å². The van der Waals surface area contributed by atoms with Crippen molar-refractivity contribution in [3.63, 3.8) is 0 Å². The van der Waals surface area contributed by atoms with Gasteiger partial charge in [-0.2, -0.15) is 0 Å². The Kier molecular flexibility index (Phi) is 6.09. The first-order valence-corrected chi connectivity index (χ1v) is 5.21. The predicted octanol–water partition coefficient (Wildman–Crippen LogP) is 2.01. The van der Waals surface area contributed by atoms with Gasteiger partial charge in [-0.25, -0.2) is 0 Å². The molecule has 0 spiro atoms. The van der Waals surface area contributed by atoms with Crippen LogP contribution in [0.25, 0.3) is 0 Å². The van der Waals surface area contributed by atoms with Crippen LogP contribution in [0.4, 0.5) is 0 Å². The van der Waals surface area contributed by atoms with Crippen LogP contribution in [0.15, 0.2) is 12.7 Å². The summed E-state index contributed by atoms with van der Waals surface area (Å²) < 4.78 is 4.78. The van der Waals surface area contributed by atoms with E-state index in [0.29, 0.717) is 6.61 Å². The zero-order valence-corrected chi connectivity index (χ0v) is 9.95. The summed E-state index contributed by atoms with van der Waals surface area (Å²) in [6.45, 7) is 11.5. The number of carbonyl (C=O) groups is 2. The van der Waals surface area contributed by atoms with Crippen LogP contribution >= 0.6 is 0 Å². The van der Waals surface area contributed by atoms with Crippen molar-refractivity contribution >= 4 is 11.6 Å². The fraction of sp³-hybridized carbons (Fsp3) is 0.667. The van der Waals surface area contributed by atoms with Crippen LogP contribution in [-0.2, 0) is 14.3 Å². The van der Waals surface area contributed by atoms with Crippen LogP contribution in [0.3, 0.4) is 0 Å². The van der Waals surface area contributed by atoms with Gasteiger partial charge >= 0.3 is 0 Å². The summed E-state index contributed by atoms with van der Waals surface area (Å²) in [5.74, 6) is 0.602. The van der Waals surface area contributed by atoms with Crippen LogP contribution in [0.1, 0.15) is 27.7 Å². The number of Topliss-reactive ketones (excluding diaryl/α,β-unsaturated/α-hetero) is 1. The molecule has 1 aliphatic rings. The highest BCUT2D eigenvalue weighted by Crippen LogP contribution is 2.14. The van der Waals surface area contributed by atoms with Crippen LogP contribution < -0.4 is 0 Å². The molecule has 1 heterocycles. The van der Waals surface area contributed by atoms with Gasteiger partial charge in [-0.1, -0.05) is 34.3 Å². The van der Waals surface area contributed by atoms with Crippen molar-refractivity contribution in [1.82, 2.24) is 0 Å². The van der Waals surface area contributed by atoms with E-state index < -0.39 is 0 Å². The molecule has 0 bridgehead atoms. The Morgan fingerprint density at radius 3 is 1.80 bits per heavy atom. The molecule has 0 aromatic rings. The third-order valence-corrected chi connectivity index (χ3v) is 1.99. The maximum atomic E-state index is 10.8. The van der Waals surface area contributed by atoms with Gasteiger partial charge in [0.15, 0.2) is 11.6 Å². The molecule has 0 aromatic heterocycles. The summed E-state index contributed by atoms with van der Waals surface area (Å²) in [4.78, 5) is 21.2. The molecule has 3 heteroatoms. The third-order valence-electron chi connectivity index (χ3n) is 1.99. The van der Waals surface area contributed by atoms with Gasteiger partial charge in [-0.05, 0) is 6.08 Å². The molecule has 1 unspecified atom stereocenters. The van der Waals surface area contributed by atoms with E-state index >= 15 is 0 Å². The second-order valence-corrected chi connectivity index (χ2v) is 4.14. The lowest BCUT2D eigenvalue weighted by Crippen LogP contribution is -2.13. The third kappa shape index (κ3) is 6.18. The van der Waals surface area contributed by atoms with Gasteiger partial charge in [0.1, 0.15) is 6.10 Å². The largest absolute Gasteiger partial charge is 0.365 e. The fourth-order valence-corrected chi connectivity index (χ4v) is 0.820. The molecular formula is C12H20O3. The highest BCUT2D eigenvalue weighted by atomic mass is 16.6. The lowest BCUT2D eigenvalue weighted by Gasteiger charge is -1.95. The zero-order valence-electron chi connectivity index (χ0n) is 9.95. The van der Waals surface area contributed by atoms with E-state index in [9.17, 15) is 9.59 Å². The first kappa shape index (κ1) is 14.0. The van der Waals surface area contributed by atoms with Crippen LogP contribution in [0.2, 0.25) is 0 Å². The Labute approximate surface area is 91.5 Å². The summed E-state index contributed by atoms with van der Waals surface area (Å²) in [6.07, 6.45) is 1.31. The fourth-order valence-electron chi connectivity index (χ4n) is 0.820. The number of carbonyl (C=O) groups excluding carboxylic acids is 2. The lowest BCUT2D eigenvalue weighted by atomic mass is 10.1. The summed E-state index contributed by atoms with van der Waals surface area (Å²) in [7, 11) is 0. The molecule has 1 saturated heterocycles. The monoisotopic (exact) mass is 212 g/mol. The molecule has 0 amide bonds. The van der Waals surface area contributed by atoms with E-state index in [1.165, 1.54) is 6.08 Å². The van der Waals surface area contributed by atoms with Crippen molar-refractivity contribution in [2.45, 2.75) is 33.8 Å². The highest BCUT2D eigenvalue weighted by Gasteiger charge is 2.32. The molecule has 1 aliphatic heterocycles. The van der Waals surface area contributed by atoms with Gasteiger partial charge in [-0.3, -0.25) is 9.59 Å². The molecule has 0 aliphatic carbocycles. The number of allylic oxidation sites excluding steroid dienone is 1. The molecule has 3 nitrogen and oxygen atoms in total. The summed E-state index contributed by atoms with van der Waals surface area (Å²) >= 11 is 0. The van der Waals surface area contributed by atoms with Crippen molar-refractivity contribution in [3.8, 4) is 0 Å². The minimum absolute atomic E-state index is 0.0463. The number of hydrogen-bond acceptors (Lipinski definition) is 3. The number of rotatable bonds is 4. The SMILES string of the molecule is C=CC(=O)C(C)C.CC(C)C(=O)C1CO1. The Hall–Kier alpha value is -0.960. The van der Waals surface area contributed by atoms with E-state index in [1.54, 1.807) is 0 Å². The van der Waals surface area contributed by atoms with Crippen molar-refractivity contribution in [1.29, 1.82) is 0 Å². The number of hydrogen-bond donors (Lipinski definition) is 0. The maximum absolute atomic E-state index is 10.8. The first-order valence-electron chi connectivity index (χ1n) is 5.21. The highest BCUT2D eigenvalue weighted by molar-refractivity contribution is 5.90. The summed E-state index contributed by atoms with van der Waals surface area (Å²) in [5.41, 5.74) is 0. The van der Waals surface area contributed by atoms with Crippen molar-refractivity contribution in [2.75, 3.05) is 6.61 Å². The molecule has 0 radical (unpaired) electrons. The quantitative estimate of drug-likeness (QED) is 0.529. The van der Waals surface area contributed by atoms with Crippen LogP contribution in [-0.4, -0.2) is 24.3 Å². The Bertz CT molecular complexity index is 233. The Morgan fingerprint density at radius 2 is 1.73 bits per heavy atom. The number of ether oxygens (including phenoxy) is 1. The molecular weight excluding hydrogens is 192 g/mol. The van der Waals surface area contributed by atoms with Gasteiger partial charge in [-0.15, -0.1) is 0 Å². The van der Waals surface area contributed by atoms with E-state index in [0.717, 1.165) is 0 Å². The second-order valence-electron chi connectivity index (χ2n) is 4.14. The normalized spacial score (nSPS) is 18.1.